The Morgan fingerprint density at radius 3 is 2.45 bits per heavy atom. The minimum absolute atomic E-state index is 0.318. The molecular weight excluding hydrogens is 140 g/mol. The van der Waals surface area contributed by atoms with Crippen molar-refractivity contribution in [2.24, 2.45) is 5.73 Å². The molecule has 4 nitrogen and oxygen atoms in total. The quantitative estimate of drug-likeness (QED) is 0.552. The lowest BCUT2D eigenvalue weighted by Crippen LogP contribution is -2.63. The fourth-order valence-electron chi connectivity index (χ4n) is 1.11. The molecule has 0 radical (unpaired) electrons. The Labute approximate surface area is 64.8 Å². The van der Waals surface area contributed by atoms with Gasteiger partial charge < -0.3 is 11.1 Å². The zero-order valence-corrected chi connectivity index (χ0v) is 6.12. The molecule has 0 atom stereocenters. The second-order valence-corrected chi connectivity index (χ2v) is 2.83. The van der Waals surface area contributed by atoms with Crippen molar-refractivity contribution in [3.63, 3.8) is 0 Å². The van der Waals surface area contributed by atoms with Crippen LogP contribution in [-0.2, 0) is 5.54 Å². The molecule has 4 heteroatoms. The van der Waals surface area contributed by atoms with E-state index in [0.29, 0.717) is 0 Å². The summed E-state index contributed by atoms with van der Waals surface area (Å²) < 4.78 is 0. The normalized spacial score (nSPS) is 20.8. The molecule has 0 aromatic carbocycles. The highest BCUT2D eigenvalue weighted by molar-refractivity contribution is 5.12. The molecule has 1 aromatic rings. The van der Waals surface area contributed by atoms with E-state index in [4.69, 9.17) is 5.73 Å². The molecule has 2 heterocycles. The minimum atomic E-state index is -0.318. The summed E-state index contributed by atoms with van der Waals surface area (Å²) in [5.41, 5.74) is 5.62. The third-order valence-corrected chi connectivity index (χ3v) is 1.89. The van der Waals surface area contributed by atoms with Gasteiger partial charge in [0.15, 0.2) is 5.82 Å². The van der Waals surface area contributed by atoms with Crippen molar-refractivity contribution >= 4 is 0 Å². The van der Waals surface area contributed by atoms with Gasteiger partial charge in [0, 0.05) is 25.5 Å². The zero-order valence-electron chi connectivity index (χ0n) is 6.12. The molecule has 1 aromatic heterocycles. The lowest BCUT2D eigenvalue weighted by atomic mass is 9.93. The number of hydrogen-bond acceptors (Lipinski definition) is 4. The lowest BCUT2D eigenvalue weighted by Gasteiger charge is -2.37. The first-order chi connectivity index (χ1) is 5.31. The van der Waals surface area contributed by atoms with E-state index < -0.39 is 0 Å². The van der Waals surface area contributed by atoms with Crippen LogP contribution in [0.15, 0.2) is 18.5 Å². The minimum Gasteiger partial charge on any atom is -0.317 e. The number of rotatable bonds is 1. The summed E-state index contributed by atoms with van der Waals surface area (Å²) in [6.07, 6.45) is 3.44. The smallest absolute Gasteiger partial charge is 0.150 e. The van der Waals surface area contributed by atoms with Crippen molar-refractivity contribution in [2.45, 2.75) is 5.54 Å². The van der Waals surface area contributed by atoms with Crippen molar-refractivity contribution < 1.29 is 0 Å². The molecular formula is C7H10N4. The Kier molecular flexibility index (Phi) is 1.37. The van der Waals surface area contributed by atoms with E-state index in [2.05, 4.69) is 15.3 Å². The predicted molar refractivity (Wildman–Crippen MR) is 40.8 cm³/mol. The van der Waals surface area contributed by atoms with Gasteiger partial charge in [-0.25, -0.2) is 9.97 Å². The van der Waals surface area contributed by atoms with Crippen molar-refractivity contribution in [1.82, 2.24) is 15.3 Å². The Morgan fingerprint density at radius 2 is 2.00 bits per heavy atom. The third kappa shape index (κ3) is 1.00. The second-order valence-electron chi connectivity index (χ2n) is 2.83. The van der Waals surface area contributed by atoms with Gasteiger partial charge in [0.2, 0.25) is 0 Å². The fourth-order valence-corrected chi connectivity index (χ4v) is 1.11. The summed E-state index contributed by atoms with van der Waals surface area (Å²) in [5.74, 6) is 0.735. The molecule has 58 valence electrons. The van der Waals surface area contributed by atoms with E-state index in [1.807, 2.05) is 0 Å². The third-order valence-electron chi connectivity index (χ3n) is 1.89. The lowest BCUT2D eigenvalue weighted by molar-refractivity contribution is 0.271. The Morgan fingerprint density at radius 1 is 1.36 bits per heavy atom. The van der Waals surface area contributed by atoms with Gasteiger partial charge in [0.25, 0.3) is 0 Å². The van der Waals surface area contributed by atoms with Gasteiger partial charge >= 0.3 is 0 Å². The molecule has 0 bridgehead atoms. The van der Waals surface area contributed by atoms with Crippen LogP contribution in [0.3, 0.4) is 0 Å². The molecule has 1 saturated heterocycles. The maximum absolute atomic E-state index is 5.94. The van der Waals surface area contributed by atoms with E-state index in [0.717, 1.165) is 18.9 Å². The van der Waals surface area contributed by atoms with E-state index in [9.17, 15) is 0 Å². The van der Waals surface area contributed by atoms with Gasteiger partial charge in [-0.2, -0.15) is 0 Å². The summed E-state index contributed by atoms with van der Waals surface area (Å²) in [6, 6.07) is 1.79. The summed E-state index contributed by atoms with van der Waals surface area (Å²) in [5, 5.41) is 3.10. The van der Waals surface area contributed by atoms with Crippen LogP contribution in [-0.4, -0.2) is 23.1 Å². The average molecular weight is 150 g/mol. The van der Waals surface area contributed by atoms with Crippen LogP contribution in [0.4, 0.5) is 0 Å². The van der Waals surface area contributed by atoms with E-state index in [-0.39, 0.29) is 5.54 Å². The maximum Gasteiger partial charge on any atom is 0.150 e. The van der Waals surface area contributed by atoms with Crippen LogP contribution >= 0.6 is 0 Å². The highest BCUT2D eigenvalue weighted by Gasteiger charge is 2.36. The predicted octanol–water partition coefficient (Wildman–Crippen LogP) is -0.766. The van der Waals surface area contributed by atoms with Crippen LogP contribution in [0.25, 0.3) is 0 Å². The van der Waals surface area contributed by atoms with Gasteiger partial charge in [0.1, 0.15) is 5.54 Å². The van der Waals surface area contributed by atoms with E-state index in [1.165, 1.54) is 0 Å². The van der Waals surface area contributed by atoms with Crippen LogP contribution in [0.5, 0.6) is 0 Å². The first-order valence-corrected chi connectivity index (χ1v) is 3.58. The monoisotopic (exact) mass is 150 g/mol. The highest BCUT2D eigenvalue weighted by Crippen LogP contribution is 2.16. The van der Waals surface area contributed by atoms with Crippen molar-refractivity contribution in [3.05, 3.63) is 24.3 Å². The highest BCUT2D eigenvalue weighted by atomic mass is 15.1. The fraction of sp³-hybridized carbons (Fsp3) is 0.429. The number of nitrogens with one attached hydrogen (secondary N) is 1. The molecule has 0 unspecified atom stereocenters. The summed E-state index contributed by atoms with van der Waals surface area (Å²) in [7, 11) is 0. The zero-order chi connectivity index (χ0) is 7.73. The van der Waals surface area contributed by atoms with Gasteiger partial charge in [-0.1, -0.05) is 0 Å². The topological polar surface area (TPSA) is 63.8 Å². The maximum atomic E-state index is 5.94. The van der Waals surface area contributed by atoms with Crippen molar-refractivity contribution in [1.29, 1.82) is 0 Å². The van der Waals surface area contributed by atoms with Crippen molar-refractivity contribution in [2.75, 3.05) is 13.1 Å². The van der Waals surface area contributed by atoms with Crippen LogP contribution in [0.1, 0.15) is 5.82 Å². The summed E-state index contributed by atoms with van der Waals surface area (Å²) >= 11 is 0. The first kappa shape index (κ1) is 6.69. The molecule has 1 fully saturated rings. The molecule has 1 aliphatic heterocycles. The second kappa shape index (κ2) is 2.25. The van der Waals surface area contributed by atoms with Crippen LogP contribution in [0, 0.1) is 0 Å². The molecule has 0 spiro atoms. The molecule has 0 amide bonds. The molecule has 1 aliphatic rings. The molecule has 3 N–H and O–H groups in total. The summed E-state index contributed by atoms with van der Waals surface area (Å²) in [6.45, 7) is 1.55. The molecule has 0 aliphatic carbocycles. The average Bonchev–Trinajstić information content (AvgIpc) is 2.02. The summed E-state index contributed by atoms with van der Waals surface area (Å²) in [4.78, 5) is 8.19. The van der Waals surface area contributed by atoms with Crippen LogP contribution < -0.4 is 11.1 Å². The SMILES string of the molecule is NC1(c2ncccn2)CNC1. The van der Waals surface area contributed by atoms with Crippen molar-refractivity contribution in [3.8, 4) is 0 Å². The number of nitrogens with zero attached hydrogens (tertiary/aromatic N) is 2. The van der Waals surface area contributed by atoms with Crippen LogP contribution in [0.2, 0.25) is 0 Å². The standard InChI is InChI=1S/C7H10N4/c8-7(4-9-5-7)6-10-2-1-3-11-6/h1-3,9H,4-5,8H2. The van der Waals surface area contributed by atoms with Gasteiger partial charge in [-0.05, 0) is 6.07 Å². The van der Waals surface area contributed by atoms with E-state index in [1.54, 1.807) is 18.5 Å². The van der Waals surface area contributed by atoms with Gasteiger partial charge in [0.05, 0.1) is 0 Å². The van der Waals surface area contributed by atoms with Gasteiger partial charge in [-0.15, -0.1) is 0 Å². The molecule has 0 saturated carbocycles. The molecule has 2 rings (SSSR count). The number of aromatic nitrogens is 2. The molecule has 11 heavy (non-hydrogen) atoms. The van der Waals surface area contributed by atoms with E-state index >= 15 is 0 Å². The largest absolute Gasteiger partial charge is 0.317 e. The van der Waals surface area contributed by atoms with Gasteiger partial charge in [-0.3, -0.25) is 0 Å². The Bertz CT molecular complexity index is 242. The Hall–Kier alpha value is -1.00. The first-order valence-electron chi connectivity index (χ1n) is 3.58. The number of nitrogens with two attached hydrogens (primary N) is 1. The number of hydrogen-bond donors (Lipinski definition) is 2. The Balaban J connectivity index is 2.29.